The van der Waals surface area contributed by atoms with Crippen molar-refractivity contribution in [3.8, 4) is 0 Å². The Bertz CT molecular complexity index is 381. The van der Waals surface area contributed by atoms with E-state index in [0.717, 1.165) is 12.1 Å². The van der Waals surface area contributed by atoms with Gasteiger partial charge in [-0.05, 0) is 49.9 Å². The molecule has 0 unspecified atom stereocenters. The molecule has 1 aromatic carbocycles. The van der Waals surface area contributed by atoms with E-state index in [2.05, 4.69) is 12.2 Å². The molecule has 0 spiro atoms. The van der Waals surface area contributed by atoms with Gasteiger partial charge in [-0.15, -0.1) is 0 Å². The maximum Gasteiger partial charge on any atom is 0.123 e. The summed E-state index contributed by atoms with van der Waals surface area (Å²) in [4.78, 5) is 0. The second-order valence-corrected chi connectivity index (χ2v) is 5.55. The Kier molecular flexibility index (Phi) is 3.82. The van der Waals surface area contributed by atoms with Crippen molar-refractivity contribution in [2.75, 3.05) is 0 Å². The van der Waals surface area contributed by atoms with E-state index in [-0.39, 0.29) is 11.4 Å². The highest BCUT2D eigenvalue weighted by Gasteiger charge is 2.25. The lowest BCUT2D eigenvalue weighted by molar-refractivity contribution is 0.252. The largest absolute Gasteiger partial charge is 0.307 e. The van der Waals surface area contributed by atoms with Crippen LogP contribution in [0.2, 0.25) is 0 Å². The lowest BCUT2D eigenvalue weighted by Crippen LogP contribution is -2.43. The fraction of sp³-hybridized carbons (Fsp3) is 0.600. The van der Waals surface area contributed by atoms with E-state index < -0.39 is 0 Å². The number of nitrogens with one attached hydrogen (secondary N) is 1. The Morgan fingerprint density at radius 3 is 2.65 bits per heavy atom. The average Bonchev–Trinajstić information content (AvgIpc) is 2.31. The molecule has 0 radical (unpaired) electrons. The minimum atomic E-state index is -0.138. The molecule has 1 N–H and O–H groups in total. The minimum absolute atomic E-state index is 0.138. The fourth-order valence-corrected chi connectivity index (χ4v) is 2.65. The van der Waals surface area contributed by atoms with Crippen molar-refractivity contribution < 1.29 is 4.39 Å². The van der Waals surface area contributed by atoms with Gasteiger partial charge in [0.2, 0.25) is 0 Å². The van der Waals surface area contributed by atoms with E-state index in [0.29, 0.717) is 0 Å². The quantitative estimate of drug-likeness (QED) is 0.836. The topological polar surface area (TPSA) is 12.0 Å². The van der Waals surface area contributed by atoms with E-state index in [1.54, 1.807) is 6.07 Å². The minimum Gasteiger partial charge on any atom is -0.307 e. The molecule has 0 aliphatic heterocycles. The van der Waals surface area contributed by atoms with Crippen LogP contribution in [0.3, 0.4) is 0 Å². The standard InChI is InChI=1S/C15H22FN/c1-12-6-7-14(16)10-13(12)11-17-15(2)8-4-3-5-9-15/h6-7,10,17H,3-5,8-9,11H2,1-2H3. The molecular weight excluding hydrogens is 213 g/mol. The van der Waals surface area contributed by atoms with Gasteiger partial charge in [0.05, 0.1) is 0 Å². The Hall–Kier alpha value is -0.890. The Labute approximate surface area is 103 Å². The van der Waals surface area contributed by atoms with Crippen LogP contribution in [0.4, 0.5) is 4.39 Å². The van der Waals surface area contributed by atoms with E-state index in [1.807, 2.05) is 13.0 Å². The number of rotatable bonds is 3. The molecule has 0 bridgehead atoms. The summed E-state index contributed by atoms with van der Waals surface area (Å²) in [6.07, 6.45) is 6.45. The molecule has 0 heterocycles. The molecule has 1 aliphatic carbocycles. The van der Waals surface area contributed by atoms with E-state index in [9.17, 15) is 4.39 Å². The normalized spacial score (nSPS) is 19.2. The van der Waals surface area contributed by atoms with Crippen molar-refractivity contribution in [2.24, 2.45) is 0 Å². The van der Waals surface area contributed by atoms with Crippen molar-refractivity contribution in [3.05, 3.63) is 35.1 Å². The van der Waals surface area contributed by atoms with Crippen molar-refractivity contribution >= 4 is 0 Å². The summed E-state index contributed by atoms with van der Waals surface area (Å²) in [7, 11) is 0. The van der Waals surface area contributed by atoms with Crippen LogP contribution in [0, 0.1) is 12.7 Å². The Balaban J connectivity index is 1.99. The Morgan fingerprint density at radius 2 is 1.94 bits per heavy atom. The van der Waals surface area contributed by atoms with Crippen LogP contribution in [-0.2, 0) is 6.54 Å². The monoisotopic (exact) mass is 235 g/mol. The predicted molar refractivity (Wildman–Crippen MR) is 69.5 cm³/mol. The van der Waals surface area contributed by atoms with Crippen LogP contribution >= 0.6 is 0 Å². The van der Waals surface area contributed by atoms with Crippen molar-refractivity contribution in [2.45, 2.75) is 58.0 Å². The van der Waals surface area contributed by atoms with Gasteiger partial charge < -0.3 is 5.32 Å². The van der Waals surface area contributed by atoms with Crippen molar-refractivity contribution in [1.82, 2.24) is 5.32 Å². The third-order valence-corrected chi connectivity index (χ3v) is 3.97. The van der Waals surface area contributed by atoms with Gasteiger partial charge in [-0.25, -0.2) is 4.39 Å². The zero-order valence-corrected chi connectivity index (χ0v) is 10.9. The lowest BCUT2D eigenvalue weighted by atomic mass is 9.83. The zero-order valence-electron chi connectivity index (χ0n) is 10.9. The van der Waals surface area contributed by atoms with Crippen LogP contribution in [0.1, 0.15) is 50.2 Å². The predicted octanol–water partition coefficient (Wildman–Crippen LogP) is 3.95. The van der Waals surface area contributed by atoms with Crippen molar-refractivity contribution in [1.29, 1.82) is 0 Å². The van der Waals surface area contributed by atoms with Gasteiger partial charge in [-0.2, -0.15) is 0 Å². The number of benzene rings is 1. The number of halogens is 1. The van der Waals surface area contributed by atoms with E-state index in [1.165, 1.54) is 43.7 Å². The SMILES string of the molecule is Cc1ccc(F)cc1CNC1(C)CCCCC1. The molecule has 2 heteroatoms. The third-order valence-electron chi connectivity index (χ3n) is 3.97. The van der Waals surface area contributed by atoms with Crippen LogP contribution in [0.25, 0.3) is 0 Å². The maximum atomic E-state index is 13.2. The van der Waals surface area contributed by atoms with Crippen LogP contribution in [-0.4, -0.2) is 5.54 Å². The fourth-order valence-electron chi connectivity index (χ4n) is 2.65. The second-order valence-electron chi connectivity index (χ2n) is 5.55. The summed E-state index contributed by atoms with van der Waals surface area (Å²) >= 11 is 0. The highest BCUT2D eigenvalue weighted by Crippen LogP contribution is 2.28. The third kappa shape index (κ3) is 3.29. The first-order valence-electron chi connectivity index (χ1n) is 6.59. The van der Waals surface area contributed by atoms with Gasteiger partial charge in [0, 0.05) is 12.1 Å². The van der Waals surface area contributed by atoms with E-state index in [4.69, 9.17) is 0 Å². The molecule has 0 saturated heterocycles. The summed E-state index contributed by atoms with van der Waals surface area (Å²) in [5, 5.41) is 3.62. The second kappa shape index (κ2) is 5.18. The molecule has 0 atom stereocenters. The van der Waals surface area contributed by atoms with Gasteiger partial charge in [0.15, 0.2) is 0 Å². The first kappa shape index (κ1) is 12.6. The highest BCUT2D eigenvalue weighted by molar-refractivity contribution is 5.26. The molecule has 94 valence electrons. The first-order valence-corrected chi connectivity index (χ1v) is 6.59. The van der Waals surface area contributed by atoms with Crippen LogP contribution in [0.15, 0.2) is 18.2 Å². The summed E-state index contributed by atoms with van der Waals surface area (Å²) in [6.45, 7) is 5.11. The zero-order chi connectivity index (χ0) is 12.3. The number of hydrogen-bond acceptors (Lipinski definition) is 1. The van der Waals surface area contributed by atoms with Crippen molar-refractivity contribution in [3.63, 3.8) is 0 Å². The average molecular weight is 235 g/mol. The van der Waals surface area contributed by atoms with Gasteiger partial charge in [-0.3, -0.25) is 0 Å². The van der Waals surface area contributed by atoms with Gasteiger partial charge in [-0.1, -0.05) is 25.3 Å². The van der Waals surface area contributed by atoms with Gasteiger partial charge in [0.25, 0.3) is 0 Å². The smallest absolute Gasteiger partial charge is 0.123 e. The van der Waals surface area contributed by atoms with Crippen LogP contribution < -0.4 is 5.32 Å². The number of hydrogen-bond donors (Lipinski definition) is 1. The highest BCUT2D eigenvalue weighted by atomic mass is 19.1. The summed E-state index contributed by atoms with van der Waals surface area (Å²) in [5.41, 5.74) is 2.49. The molecule has 1 saturated carbocycles. The van der Waals surface area contributed by atoms with Gasteiger partial charge in [0.1, 0.15) is 5.82 Å². The lowest BCUT2D eigenvalue weighted by Gasteiger charge is -2.35. The Morgan fingerprint density at radius 1 is 1.24 bits per heavy atom. The maximum absolute atomic E-state index is 13.2. The summed E-state index contributed by atoms with van der Waals surface area (Å²) < 4.78 is 13.2. The molecule has 1 aromatic rings. The molecule has 17 heavy (non-hydrogen) atoms. The molecule has 1 aliphatic rings. The molecular formula is C15H22FN. The van der Waals surface area contributed by atoms with Crippen LogP contribution in [0.5, 0.6) is 0 Å². The molecule has 1 nitrogen and oxygen atoms in total. The molecule has 1 fully saturated rings. The molecule has 2 rings (SSSR count). The van der Waals surface area contributed by atoms with Gasteiger partial charge >= 0.3 is 0 Å². The molecule has 0 aromatic heterocycles. The molecule has 0 amide bonds. The summed E-state index contributed by atoms with van der Waals surface area (Å²) in [5.74, 6) is -0.138. The summed E-state index contributed by atoms with van der Waals surface area (Å²) in [6, 6.07) is 5.03. The first-order chi connectivity index (χ1) is 8.09. The number of aryl methyl sites for hydroxylation is 1. The van der Waals surface area contributed by atoms with E-state index >= 15 is 0 Å².